The second kappa shape index (κ2) is 11.4. The van der Waals surface area contributed by atoms with Crippen molar-refractivity contribution >= 4 is 5.91 Å². The molecule has 5 nitrogen and oxygen atoms in total. The molecule has 1 amide bonds. The number of ether oxygens (including phenoxy) is 2. The average Bonchev–Trinajstić information content (AvgIpc) is 3.59. The number of halogens is 1. The Bertz CT molecular complexity index is 1300. The van der Waals surface area contributed by atoms with Gasteiger partial charge in [-0.1, -0.05) is 49.6 Å². The lowest BCUT2D eigenvalue weighted by Crippen LogP contribution is -2.45. The van der Waals surface area contributed by atoms with E-state index in [-0.39, 0.29) is 24.6 Å². The minimum Gasteiger partial charge on any atom is -0.454 e. The first-order valence-electron chi connectivity index (χ1n) is 14.3. The van der Waals surface area contributed by atoms with Crippen molar-refractivity contribution in [2.45, 2.75) is 57.5 Å². The third-order valence-corrected chi connectivity index (χ3v) is 8.75. The summed E-state index contributed by atoms with van der Waals surface area (Å²) in [6, 6.07) is 21.2. The van der Waals surface area contributed by atoms with Crippen molar-refractivity contribution in [3.63, 3.8) is 0 Å². The molecular formula is C33H37FN2O3. The number of carbonyl (C=O) groups excluding carboxylic acids is 1. The Morgan fingerprint density at radius 1 is 0.949 bits per heavy atom. The minimum atomic E-state index is -0.315. The van der Waals surface area contributed by atoms with Gasteiger partial charge in [0.05, 0.1) is 0 Å². The van der Waals surface area contributed by atoms with Gasteiger partial charge >= 0.3 is 0 Å². The van der Waals surface area contributed by atoms with Crippen LogP contribution in [0.2, 0.25) is 0 Å². The molecule has 3 aliphatic rings. The molecule has 2 fully saturated rings. The van der Waals surface area contributed by atoms with Crippen LogP contribution in [-0.4, -0.2) is 48.2 Å². The summed E-state index contributed by atoms with van der Waals surface area (Å²) in [5.74, 6) is 1.95. The zero-order valence-corrected chi connectivity index (χ0v) is 22.7. The van der Waals surface area contributed by atoms with E-state index >= 15 is 0 Å². The minimum absolute atomic E-state index is 0.0275. The van der Waals surface area contributed by atoms with Crippen molar-refractivity contribution in [3.8, 4) is 11.5 Å². The molecule has 3 aromatic rings. The molecule has 0 N–H and O–H groups in total. The van der Waals surface area contributed by atoms with E-state index in [1.165, 1.54) is 35.2 Å². The monoisotopic (exact) mass is 528 g/mol. The highest BCUT2D eigenvalue weighted by Crippen LogP contribution is 2.38. The third-order valence-electron chi connectivity index (χ3n) is 8.75. The summed E-state index contributed by atoms with van der Waals surface area (Å²) in [4.78, 5) is 18.5. The molecule has 0 aromatic heterocycles. The SMILES string of the molecule is Cc1ccccc1C1CN(Cc2ccc3c(c2)OCO3)CC1CN(C(=O)c1ccc(F)cc1)C1CCCCC1. The van der Waals surface area contributed by atoms with Gasteiger partial charge in [-0.3, -0.25) is 9.69 Å². The van der Waals surface area contributed by atoms with Crippen molar-refractivity contribution in [2.24, 2.45) is 5.92 Å². The number of likely N-dealkylation sites (tertiary alicyclic amines) is 1. The lowest BCUT2D eigenvalue weighted by Gasteiger charge is -2.37. The molecule has 3 aromatic carbocycles. The van der Waals surface area contributed by atoms with Crippen molar-refractivity contribution in [3.05, 3.63) is 94.8 Å². The maximum absolute atomic E-state index is 13.9. The van der Waals surface area contributed by atoms with E-state index in [1.54, 1.807) is 12.1 Å². The van der Waals surface area contributed by atoms with Gasteiger partial charge in [0, 0.05) is 43.7 Å². The van der Waals surface area contributed by atoms with Crippen LogP contribution in [0.4, 0.5) is 4.39 Å². The predicted molar refractivity (Wildman–Crippen MR) is 150 cm³/mol. The average molecular weight is 529 g/mol. The number of hydrogen-bond acceptors (Lipinski definition) is 4. The number of aryl methyl sites for hydroxylation is 1. The van der Waals surface area contributed by atoms with Gasteiger partial charge in [0.2, 0.25) is 6.79 Å². The number of fused-ring (bicyclic) bond motifs is 1. The lowest BCUT2D eigenvalue weighted by atomic mass is 9.85. The van der Waals surface area contributed by atoms with Crippen LogP contribution in [0.25, 0.3) is 0 Å². The first-order valence-corrected chi connectivity index (χ1v) is 14.3. The standard InChI is InChI=1S/C33H37FN2O3/c1-23-7-5-6-10-29(23)30-21-35(18-24-11-16-31-32(17-24)39-22-38-31)19-26(30)20-36(28-8-3-2-4-9-28)33(37)25-12-14-27(34)15-13-25/h5-7,10-17,26,28,30H,2-4,8-9,18-22H2,1H3. The smallest absolute Gasteiger partial charge is 0.254 e. The molecule has 2 aliphatic heterocycles. The fourth-order valence-electron chi connectivity index (χ4n) is 6.73. The van der Waals surface area contributed by atoms with E-state index in [9.17, 15) is 9.18 Å². The van der Waals surface area contributed by atoms with E-state index in [4.69, 9.17) is 9.47 Å². The van der Waals surface area contributed by atoms with E-state index < -0.39 is 0 Å². The van der Waals surface area contributed by atoms with Gasteiger partial charge in [0.25, 0.3) is 5.91 Å². The second-order valence-electron chi connectivity index (χ2n) is 11.4. The van der Waals surface area contributed by atoms with Crippen molar-refractivity contribution in [1.82, 2.24) is 9.80 Å². The maximum Gasteiger partial charge on any atom is 0.254 e. The molecule has 0 spiro atoms. The van der Waals surface area contributed by atoms with Crippen LogP contribution in [0.3, 0.4) is 0 Å². The van der Waals surface area contributed by atoms with Crippen LogP contribution in [0.15, 0.2) is 66.7 Å². The Kier molecular flexibility index (Phi) is 7.55. The molecule has 0 bridgehead atoms. The Hall–Kier alpha value is -3.38. The summed E-state index contributed by atoms with van der Waals surface area (Å²) in [5, 5.41) is 0. The summed E-state index contributed by atoms with van der Waals surface area (Å²) in [6.45, 7) is 5.84. The van der Waals surface area contributed by atoms with Crippen molar-refractivity contribution in [1.29, 1.82) is 0 Å². The van der Waals surface area contributed by atoms with E-state index in [0.29, 0.717) is 23.9 Å². The van der Waals surface area contributed by atoms with E-state index in [0.717, 1.165) is 56.8 Å². The van der Waals surface area contributed by atoms with Gasteiger partial charge in [0.15, 0.2) is 11.5 Å². The molecule has 6 heteroatoms. The summed E-state index contributed by atoms with van der Waals surface area (Å²) >= 11 is 0. The number of amides is 1. The molecule has 2 unspecified atom stereocenters. The normalized spacial score (nSPS) is 21.3. The molecule has 2 heterocycles. The molecular weight excluding hydrogens is 491 g/mol. The Morgan fingerprint density at radius 2 is 1.72 bits per heavy atom. The van der Waals surface area contributed by atoms with Crippen LogP contribution in [-0.2, 0) is 6.54 Å². The fourth-order valence-corrected chi connectivity index (χ4v) is 6.73. The molecule has 1 saturated heterocycles. The number of rotatable bonds is 7. The number of benzene rings is 3. The van der Waals surface area contributed by atoms with Crippen molar-refractivity contribution < 1.29 is 18.7 Å². The Morgan fingerprint density at radius 3 is 2.51 bits per heavy atom. The van der Waals surface area contributed by atoms with E-state index in [1.807, 2.05) is 6.07 Å². The molecule has 39 heavy (non-hydrogen) atoms. The number of nitrogens with zero attached hydrogens (tertiary/aromatic N) is 2. The Labute approximate surface area is 230 Å². The molecule has 6 rings (SSSR count). The van der Waals surface area contributed by atoms with Gasteiger partial charge in [-0.25, -0.2) is 4.39 Å². The quantitative estimate of drug-likeness (QED) is 0.349. The van der Waals surface area contributed by atoms with Gasteiger partial charge in [0.1, 0.15) is 5.82 Å². The zero-order chi connectivity index (χ0) is 26.8. The van der Waals surface area contributed by atoms with E-state index in [2.05, 4.69) is 53.1 Å². The number of hydrogen-bond donors (Lipinski definition) is 0. The third kappa shape index (κ3) is 5.67. The van der Waals surface area contributed by atoms with Crippen LogP contribution in [0, 0.1) is 18.7 Å². The van der Waals surface area contributed by atoms with Crippen molar-refractivity contribution in [2.75, 3.05) is 26.4 Å². The highest BCUT2D eigenvalue weighted by molar-refractivity contribution is 5.94. The fraction of sp³-hybridized carbons (Fsp3) is 0.424. The first kappa shape index (κ1) is 25.9. The molecule has 0 radical (unpaired) electrons. The highest BCUT2D eigenvalue weighted by Gasteiger charge is 2.38. The van der Waals surface area contributed by atoms with Gasteiger partial charge in [-0.2, -0.15) is 0 Å². The summed E-state index contributed by atoms with van der Waals surface area (Å²) in [6.07, 6.45) is 5.61. The van der Waals surface area contributed by atoms with Crippen LogP contribution < -0.4 is 9.47 Å². The topological polar surface area (TPSA) is 42.0 Å². The highest BCUT2D eigenvalue weighted by atomic mass is 19.1. The summed E-state index contributed by atoms with van der Waals surface area (Å²) in [5.41, 5.74) is 4.44. The number of carbonyl (C=O) groups is 1. The van der Waals surface area contributed by atoms with Crippen LogP contribution >= 0.6 is 0 Å². The van der Waals surface area contributed by atoms with Gasteiger partial charge in [-0.15, -0.1) is 0 Å². The maximum atomic E-state index is 13.9. The van der Waals surface area contributed by atoms with Gasteiger partial charge < -0.3 is 14.4 Å². The van der Waals surface area contributed by atoms with Gasteiger partial charge in [-0.05, 0) is 78.8 Å². The second-order valence-corrected chi connectivity index (χ2v) is 11.4. The molecule has 1 aliphatic carbocycles. The van der Waals surface area contributed by atoms with Crippen LogP contribution in [0.1, 0.15) is 65.1 Å². The summed E-state index contributed by atoms with van der Waals surface area (Å²) in [7, 11) is 0. The molecule has 1 saturated carbocycles. The first-order chi connectivity index (χ1) is 19.0. The predicted octanol–water partition coefficient (Wildman–Crippen LogP) is 6.55. The molecule has 204 valence electrons. The summed E-state index contributed by atoms with van der Waals surface area (Å²) < 4.78 is 24.8. The largest absolute Gasteiger partial charge is 0.454 e. The van der Waals surface area contributed by atoms with Crippen LogP contribution in [0.5, 0.6) is 11.5 Å². The zero-order valence-electron chi connectivity index (χ0n) is 22.7. The Balaban J connectivity index is 1.27. The molecule has 2 atom stereocenters. The lowest BCUT2D eigenvalue weighted by molar-refractivity contribution is 0.0588.